The summed E-state index contributed by atoms with van der Waals surface area (Å²) >= 11 is 6.05. The average Bonchev–Trinajstić information content (AvgIpc) is 2.57. The second kappa shape index (κ2) is 8.13. The van der Waals surface area contributed by atoms with Crippen LogP contribution in [0.25, 0.3) is 0 Å². The maximum absolute atomic E-state index is 13.9. The van der Waals surface area contributed by atoms with Crippen molar-refractivity contribution in [2.24, 2.45) is 0 Å². The first-order chi connectivity index (χ1) is 11.4. The number of likely N-dealkylation sites (N-methyl/N-ethyl adjacent to an activating group) is 1. The molecule has 0 saturated carbocycles. The standard InChI is InChI=1S/C18H20ClFN2O2/c1-12(18(23)21-13-6-4-7-14(10-13)24-3)22(2)11-15-16(19)8-5-9-17(15)20/h4-10,12H,11H2,1-3H3,(H,21,23)/p+1/t12-/m0/s1. The molecule has 1 unspecified atom stereocenters. The van der Waals surface area contributed by atoms with Crippen LogP contribution in [0.2, 0.25) is 5.02 Å². The summed E-state index contributed by atoms with van der Waals surface area (Å²) in [6, 6.07) is 11.3. The van der Waals surface area contributed by atoms with Crippen molar-refractivity contribution in [1.29, 1.82) is 0 Å². The smallest absolute Gasteiger partial charge is 0.282 e. The molecule has 128 valence electrons. The molecule has 0 spiro atoms. The SMILES string of the molecule is COc1cccc(NC(=O)[C@H](C)[NH+](C)Cc2c(F)cccc2Cl)c1. The van der Waals surface area contributed by atoms with Crippen LogP contribution in [0.3, 0.4) is 0 Å². The van der Waals surface area contributed by atoms with Crippen LogP contribution >= 0.6 is 11.6 Å². The van der Waals surface area contributed by atoms with Crippen LogP contribution in [0.4, 0.5) is 10.1 Å². The van der Waals surface area contributed by atoms with Crippen LogP contribution in [0, 0.1) is 5.82 Å². The molecule has 0 saturated heterocycles. The Morgan fingerprint density at radius 3 is 2.71 bits per heavy atom. The minimum absolute atomic E-state index is 0.159. The average molecular weight is 352 g/mol. The van der Waals surface area contributed by atoms with Crippen LogP contribution in [-0.4, -0.2) is 26.1 Å². The van der Waals surface area contributed by atoms with E-state index in [4.69, 9.17) is 16.3 Å². The number of nitrogens with one attached hydrogen (secondary N) is 2. The summed E-state index contributed by atoms with van der Waals surface area (Å²) in [5, 5.41) is 3.22. The van der Waals surface area contributed by atoms with E-state index in [0.29, 0.717) is 28.6 Å². The maximum atomic E-state index is 13.9. The number of methoxy groups -OCH3 is 1. The van der Waals surface area contributed by atoms with E-state index in [9.17, 15) is 9.18 Å². The molecule has 2 atom stereocenters. The predicted octanol–water partition coefficient (Wildman–Crippen LogP) is 2.53. The number of rotatable bonds is 6. The van der Waals surface area contributed by atoms with Gasteiger partial charge in [-0.3, -0.25) is 4.79 Å². The molecule has 24 heavy (non-hydrogen) atoms. The molecule has 0 aromatic heterocycles. The highest BCUT2D eigenvalue weighted by Gasteiger charge is 2.24. The second-order valence-corrected chi connectivity index (χ2v) is 6.07. The maximum Gasteiger partial charge on any atom is 0.282 e. The summed E-state index contributed by atoms with van der Waals surface area (Å²) in [5.41, 5.74) is 1.07. The van der Waals surface area contributed by atoms with Crippen molar-refractivity contribution < 1.29 is 18.8 Å². The Bertz CT molecular complexity index is 704. The molecule has 2 rings (SSSR count). The molecule has 6 heteroatoms. The second-order valence-electron chi connectivity index (χ2n) is 5.67. The molecule has 0 aliphatic heterocycles. The van der Waals surface area contributed by atoms with Gasteiger partial charge in [0.05, 0.1) is 24.7 Å². The molecule has 0 bridgehead atoms. The van der Waals surface area contributed by atoms with E-state index in [-0.39, 0.29) is 17.8 Å². The van der Waals surface area contributed by atoms with E-state index in [2.05, 4.69) is 5.32 Å². The number of amides is 1. The van der Waals surface area contributed by atoms with Crippen LogP contribution in [0.1, 0.15) is 12.5 Å². The van der Waals surface area contributed by atoms with Crippen molar-refractivity contribution in [2.75, 3.05) is 19.5 Å². The van der Waals surface area contributed by atoms with Crippen LogP contribution < -0.4 is 15.0 Å². The Labute approximate surface area is 146 Å². The fraction of sp³-hybridized carbons (Fsp3) is 0.278. The Morgan fingerprint density at radius 1 is 1.33 bits per heavy atom. The van der Waals surface area contributed by atoms with Gasteiger partial charge in [0.1, 0.15) is 18.1 Å². The lowest BCUT2D eigenvalue weighted by Gasteiger charge is -2.22. The first kappa shape index (κ1) is 18.2. The summed E-state index contributed by atoms with van der Waals surface area (Å²) in [5.74, 6) is 0.148. The fourth-order valence-corrected chi connectivity index (χ4v) is 2.54. The van der Waals surface area contributed by atoms with Gasteiger partial charge in [0.15, 0.2) is 6.04 Å². The lowest BCUT2D eigenvalue weighted by atomic mass is 10.1. The monoisotopic (exact) mass is 351 g/mol. The summed E-state index contributed by atoms with van der Waals surface area (Å²) in [6.07, 6.45) is 0. The molecule has 2 aromatic carbocycles. The normalized spacial score (nSPS) is 13.2. The molecule has 0 aliphatic rings. The number of ether oxygens (including phenoxy) is 1. The highest BCUT2D eigenvalue weighted by atomic mass is 35.5. The quantitative estimate of drug-likeness (QED) is 0.840. The van der Waals surface area contributed by atoms with E-state index in [0.717, 1.165) is 4.90 Å². The van der Waals surface area contributed by atoms with Crippen molar-refractivity contribution in [2.45, 2.75) is 19.5 Å². The topological polar surface area (TPSA) is 42.8 Å². The van der Waals surface area contributed by atoms with Crippen LogP contribution in [0.15, 0.2) is 42.5 Å². The highest BCUT2D eigenvalue weighted by molar-refractivity contribution is 6.31. The predicted molar refractivity (Wildman–Crippen MR) is 93.1 cm³/mol. The number of anilines is 1. The van der Waals surface area contributed by atoms with Crippen molar-refractivity contribution in [3.05, 3.63) is 58.9 Å². The minimum Gasteiger partial charge on any atom is -0.497 e. The molecule has 2 aromatic rings. The van der Waals surface area contributed by atoms with Crippen LogP contribution in [-0.2, 0) is 11.3 Å². The zero-order valence-electron chi connectivity index (χ0n) is 13.9. The lowest BCUT2D eigenvalue weighted by molar-refractivity contribution is -0.908. The van der Waals surface area contributed by atoms with Gasteiger partial charge in [0, 0.05) is 11.8 Å². The number of carbonyl (C=O) groups excluding carboxylic acids is 1. The molecule has 4 nitrogen and oxygen atoms in total. The third-order valence-corrected chi connectivity index (χ3v) is 4.34. The first-order valence-corrected chi connectivity index (χ1v) is 8.00. The number of hydrogen-bond donors (Lipinski definition) is 2. The first-order valence-electron chi connectivity index (χ1n) is 7.62. The largest absolute Gasteiger partial charge is 0.497 e. The molecule has 0 heterocycles. The van der Waals surface area contributed by atoms with Gasteiger partial charge in [0.25, 0.3) is 5.91 Å². The third-order valence-electron chi connectivity index (χ3n) is 3.99. The van der Waals surface area contributed by atoms with Crippen molar-refractivity contribution in [3.8, 4) is 5.75 Å². The molecule has 0 radical (unpaired) electrons. The van der Waals surface area contributed by atoms with Crippen LogP contribution in [0.5, 0.6) is 5.75 Å². The number of quaternary nitrogens is 1. The van der Waals surface area contributed by atoms with Gasteiger partial charge >= 0.3 is 0 Å². The van der Waals surface area contributed by atoms with Gasteiger partial charge in [-0.2, -0.15) is 0 Å². The Kier molecular flexibility index (Phi) is 6.17. The fourth-order valence-electron chi connectivity index (χ4n) is 2.31. The Hall–Kier alpha value is -2.11. The number of carbonyl (C=O) groups is 1. The van der Waals surface area contributed by atoms with Gasteiger partial charge in [0.2, 0.25) is 0 Å². The van der Waals surface area contributed by atoms with E-state index >= 15 is 0 Å². The number of hydrogen-bond acceptors (Lipinski definition) is 2. The summed E-state index contributed by atoms with van der Waals surface area (Å²) in [4.78, 5) is 13.2. The minimum atomic E-state index is -0.383. The Balaban J connectivity index is 2.04. The molecular weight excluding hydrogens is 331 g/mol. The van der Waals surface area contributed by atoms with Gasteiger partial charge < -0.3 is 15.0 Å². The van der Waals surface area contributed by atoms with Crippen molar-refractivity contribution in [1.82, 2.24) is 0 Å². The van der Waals surface area contributed by atoms with Gasteiger partial charge in [-0.25, -0.2) is 4.39 Å². The van der Waals surface area contributed by atoms with E-state index in [1.54, 1.807) is 50.4 Å². The van der Waals surface area contributed by atoms with Gasteiger partial charge in [-0.05, 0) is 31.2 Å². The third kappa shape index (κ3) is 4.46. The lowest BCUT2D eigenvalue weighted by Crippen LogP contribution is -3.12. The number of halogens is 2. The number of benzene rings is 2. The molecule has 0 fully saturated rings. The van der Waals surface area contributed by atoms with E-state index < -0.39 is 0 Å². The molecular formula is C18H21ClFN2O2+. The summed E-state index contributed by atoms with van der Waals surface area (Å²) in [6.45, 7) is 2.11. The summed E-state index contributed by atoms with van der Waals surface area (Å²) < 4.78 is 19.0. The molecule has 0 aliphatic carbocycles. The Morgan fingerprint density at radius 2 is 2.04 bits per heavy atom. The van der Waals surface area contributed by atoms with Gasteiger partial charge in [-0.1, -0.05) is 23.7 Å². The van der Waals surface area contributed by atoms with Gasteiger partial charge in [-0.15, -0.1) is 0 Å². The summed E-state index contributed by atoms with van der Waals surface area (Å²) in [7, 11) is 3.40. The van der Waals surface area contributed by atoms with E-state index in [1.165, 1.54) is 6.07 Å². The van der Waals surface area contributed by atoms with E-state index in [1.807, 2.05) is 7.05 Å². The molecule has 2 N–H and O–H groups in total. The van der Waals surface area contributed by atoms with Crippen molar-refractivity contribution >= 4 is 23.2 Å². The zero-order chi connectivity index (χ0) is 17.7. The molecule has 1 amide bonds. The highest BCUT2D eigenvalue weighted by Crippen LogP contribution is 2.18. The zero-order valence-corrected chi connectivity index (χ0v) is 14.7. The van der Waals surface area contributed by atoms with Crippen molar-refractivity contribution in [3.63, 3.8) is 0 Å².